The molecule has 0 saturated carbocycles. The number of allylic oxidation sites excluding steroid dienone is 5. The van der Waals surface area contributed by atoms with Crippen molar-refractivity contribution in [1.29, 1.82) is 0 Å². The molecule has 0 aromatic rings. The third-order valence-corrected chi connectivity index (χ3v) is 7.51. The third-order valence-electron chi connectivity index (χ3n) is 7.51. The Morgan fingerprint density at radius 3 is 0.979 bits per heavy atom. The summed E-state index contributed by atoms with van der Waals surface area (Å²) in [6.07, 6.45) is 44.0. The van der Waals surface area contributed by atoms with E-state index >= 15 is 0 Å². The fourth-order valence-electron chi connectivity index (χ4n) is 4.91. The summed E-state index contributed by atoms with van der Waals surface area (Å²) in [7, 11) is -4.67. The van der Waals surface area contributed by atoms with E-state index < -0.39 is 10.4 Å². The Labute approximate surface area is 291 Å². The second-order valence-corrected chi connectivity index (χ2v) is 13.3. The summed E-state index contributed by atoms with van der Waals surface area (Å²) in [6, 6.07) is 0. The van der Waals surface area contributed by atoms with Crippen LogP contribution in [-0.4, -0.2) is 29.5 Å². The lowest BCUT2D eigenvalue weighted by Gasteiger charge is -2.04. The lowest BCUT2D eigenvalue weighted by Crippen LogP contribution is -2.11. The van der Waals surface area contributed by atoms with Gasteiger partial charge in [-0.1, -0.05) is 147 Å². The second kappa shape index (κ2) is 42.3. The van der Waals surface area contributed by atoms with Crippen LogP contribution in [0.5, 0.6) is 0 Å². The molecule has 0 aliphatic rings. The predicted molar refractivity (Wildman–Crippen MR) is 200 cm³/mol. The minimum Gasteiger partial charge on any atom is -0.393 e. The average Bonchev–Trinajstić information content (AvgIpc) is 3.00. The van der Waals surface area contributed by atoms with Crippen LogP contribution in [0.4, 0.5) is 0 Å². The number of ether oxygens (including phenoxy) is 1. The van der Waals surface area contributed by atoms with Crippen molar-refractivity contribution in [3.05, 3.63) is 37.0 Å². The van der Waals surface area contributed by atoms with Crippen LogP contribution in [0.1, 0.15) is 201 Å². The molecule has 47 heavy (non-hydrogen) atoms. The highest BCUT2D eigenvalue weighted by molar-refractivity contribution is 7.79. The van der Waals surface area contributed by atoms with Gasteiger partial charge in [-0.05, 0) is 71.1 Å². The SMILES string of the molecule is C=CC.CCCCCCCCC=CCCCCCCCC(=O)OC(=O)CCCCCCC/C=C\CCCCCCCC.O=S(=O)(O)O. The van der Waals surface area contributed by atoms with Gasteiger partial charge in [-0.2, -0.15) is 8.42 Å². The van der Waals surface area contributed by atoms with E-state index in [4.69, 9.17) is 22.3 Å². The van der Waals surface area contributed by atoms with Gasteiger partial charge in [-0.3, -0.25) is 18.7 Å². The van der Waals surface area contributed by atoms with Gasteiger partial charge in [0.05, 0.1) is 0 Å². The zero-order valence-corrected chi connectivity index (χ0v) is 31.6. The van der Waals surface area contributed by atoms with Gasteiger partial charge in [-0.25, -0.2) is 0 Å². The predicted octanol–water partition coefficient (Wildman–Crippen LogP) is 12.7. The highest BCUT2D eigenvalue weighted by atomic mass is 32.3. The summed E-state index contributed by atoms with van der Waals surface area (Å²) >= 11 is 0. The van der Waals surface area contributed by atoms with Crippen molar-refractivity contribution >= 4 is 22.3 Å². The number of unbranched alkanes of at least 4 members (excludes halogenated alkanes) is 22. The maximum absolute atomic E-state index is 11.9. The summed E-state index contributed by atoms with van der Waals surface area (Å²) < 4.78 is 36.6. The van der Waals surface area contributed by atoms with Crippen molar-refractivity contribution in [2.45, 2.75) is 201 Å². The minimum absolute atomic E-state index is 0.342. The first-order valence-corrected chi connectivity index (χ1v) is 20.3. The molecule has 0 aromatic carbocycles. The second-order valence-electron chi connectivity index (χ2n) is 12.4. The van der Waals surface area contributed by atoms with Crippen molar-refractivity contribution < 1.29 is 31.8 Å². The fraction of sp³-hybridized carbons (Fsp3) is 0.795. The number of hydrogen-bond donors (Lipinski definition) is 2. The molecule has 0 aliphatic heterocycles. The maximum atomic E-state index is 11.9. The van der Waals surface area contributed by atoms with Crippen LogP contribution < -0.4 is 0 Å². The zero-order valence-electron chi connectivity index (χ0n) is 30.7. The first-order chi connectivity index (χ1) is 22.6. The van der Waals surface area contributed by atoms with Crippen LogP contribution in [0.2, 0.25) is 0 Å². The Kier molecular flexibility index (Phi) is 44.6. The molecule has 2 N–H and O–H groups in total. The van der Waals surface area contributed by atoms with Gasteiger partial charge in [0.25, 0.3) is 0 Å². The van der Waals surface area contributed by atoms with Crippen molar-refractivity contribution in [2.24, 2.45) is 0 Å². The van der Waals surface area contributed by atoms with Crippen LogP contribution in [0.3, 0.4) is 0 Å². The third kappa shape index (κ3) is 60.1. The van der Waals surface area contributed by atoms with Gasteiger partial charge in [0.15, 0.2) is 0 Å². The van der Waals surface area contributed by atoms with E-state index in [1.54, 1.807) is 6.08 Å². The lowest BCUT2D eigenvalue weighted by molar-refractivity contribution is -0.159. The van der Waals surface area contributed by atoms with E-state index in [1.807, 2.05) is 6.92 Å². The van der Waals surface area contributed by atoms with Crippen molar-refractivity contribution in [3.63, 3.8) is 0 Å². The highest BCUT2D eigenvalue weighted by Gasteiger charge is 2.09. The monoisotopic (exact) mass is 687 g/mol. The summed E-state index contributed by atoms with van der Waals surface area (Å²) in [4.78, 5) is 23.8. The van der Waals surface area contributed by atoms with Gasteiger partial charge >= 0.3 is 22.3 Å². The number of hydrogen-bond acceptors (Lipinski definition) is 5. The van der Waals surface area contributed by atoms with Crippen LogP contribution >= 0.6 is 0 Å². The number of rotatable bonds is 30. The Balaban J connectivity index is -0.00000215. The molecule has 0 aliphatic carbocycles. The van der Waals surface area contributed by atoms with Gasteiger partial charge < -0.3 is 4.74 Å². The molecule has 8 heteroatoms. The molecular formula is C39H74O7S. The average molecular weight is 687 g/mol. The molecule has 0 amide bonds. The molecule has 0 rings (SSSR count). The number of carbonyl (C=O) groups is 2. The first kappa shape index (κ1) is 49.6. The van der Waals surface area contributed by atoms with Gasteiger partial charge in [0, 0.05) is 12.8 Å². The van der Waals surface area contributed by atoms with Gasteiger partial charge in [0.2, 0.25) is 0 Å². The van der Waals surface area contributed by atoms with Crippen molar-refractivity contribution in [1.82, 2.24) is 0 Å². The summed E-state index contributed by atoms with van der Waals surface area (Å²) in [5.74, 6) is -0.684. The van der Waals surface area contributed by atoms with Crippen LogP contribution in [0, 0.1) is 0 Å². The standard InChI is InChI=1S/C36H66O3.C3H6.H2O4S/c1-3-5-7-9-11-13-15-17-19-21-23-25-27-29-31-33-35(37)39-36(38)34-32-30-28-26-24-22-20-18-16-14-12-10-8-6-4-2;1-3-2;1-5(2,3)4/h17-20H,3-16,21-34H2,1-2H3;3H,1H2,2H3;(H2,1,2,3,4)/b19-17-,20-18?;;. The molecule has 0 atom stereocenters. The molecule has 0 heterocycles. The topological polar surface area (TPSA) is 118 Å². The van der Waals surface area contributed by atoms with E-state index in [0.29, 0.717) is 12.8 Å². The molecule has 278 valence electrons. The Bertz CT molecular complexity index is 776. The highest BCUT2D eigenvalue weighted by Crippen LogP contribution is 2.12. The molecule has 0 unspecified atom stereocenters. The zero-order chi connectivity index (χ0) is 35.7. The molecule has 0 saturated heterocycles. The number of carbonyl (C=O) groups excluding carboxylic acids is 2. The van der Waals surface area contributed by atoms with E-state index in [-0.39, 0.29) is 11.9 Å². The largest absolute Gasteiger partial charge is 0.394 e. The van der Waals surface area contributed by atoms with E-state index in [0.717, 1.165) is 38.5 Å². The molecule has 0 aromatic heterocycles. The van der Waals surface area contributed by atoms with Crippen LogP contribution in [-0.2, 0) is 24.7 Å². The quantitative estimate of drug-likeness (QED) is 0.0254. The lowest BCUT2D eigenvalue weighted by atomic mass is 10.1. The maximum Gasteiger partial charge on any atom is 0.394 e. The number of esters is 2. The Morgan fingerprint density at radius 2 is 0.723 bits per heavy atom. The molecule has 0 fully saturated rings. The van der Waals surface area contributed by atoms with E-state index in [9.17, 15) is 9.59 Å². The van der Waals surface area contributed by atoms with E-state index in [2.05, 4.69) is 44.7 Å². The molecular weight excluding hydrogens is 612 g/mol. The minimum atomic E-state index is -4.67. The Hall–Kier alpha value is -1.77. The summed E-state index contributed by atoms with van der Waals surface area (Å²) in [5.41, 5.74) is 0. The van der Waals surface area contributed by atoms with Gasteiger partial charge in [-0.15, -0.1) is 6.58 Å². The normalized spacial score (nSPS) is 11.2. The van der Waals surface area contributed by atoms with Crippen molar-refractivity contribution in [2.75, 3.05) is 0 Å². The van der Waals surface area contributed by atoms with Crippen LogP contribution in [0.15, 0.2) is 37.0 Å². The molecule has 0 spiro atoms. The van der Waals surface area contributed by atoms with Crippen LogP contribution in [0.25, 0.3) is 0 Å². The molecule has 0 radical (unpaired) electrons. The van der Waals surface area contributed by atoms with E-state index in [1.165, 1.54) is 128 Å². The summed E-state index contributed by atoms with van der Waals surface area (Å²) in [6.45, 7) is 9.78. The molecule has 0 bridgehead atoms. The first-order valence-electron chi connectivity index (χ1n) is 18.9. The van der Waals surface area contributed by atoms with Gasteiger partial charge in [0.1, 0.15) is 0 Å². The fourth-order valence-corrected chi connectivity index (χ4v) is 4.91. The molecule has 7 nitrogen and oxygen atoms in total. The smallest absolute Gasteiger partial charge is 0.393 e. The summed E-state index contributed by atoms with van der Waals surface area (Å²) in [5, 5.41) is 0. The van der Waals surface area contributed by atoms with Crippen molar-refractivity contribution in [3.8, 4) is 0 Å². The Morgan fingerprint density at radius 1 is 0.511 bits per heavy atom.